The van der Waals surface area contributed by atoms with Crippen LogP contribution in [0.1, 0.15) is 33.6 Å². The van der Waals surface area contributed by atoms with Crippen LogP contribution in [-0.2, 0) is 14.8 Å². The maximum Gasteiger partial charge on any atom is 0.303 e. The van der Waals surface area contributed by atoms with Crippen molar-refractivity contribution in [2.24, 2.45) is 0 Å². The first-order valence-corrected chi connectivity index (χ1v) is 8.92. The molecule has 1 aliphatic heterocycles. The molecule has 0 spiro atoms. The summed E-state index contributed by atoms with van der Waals surface area (Å²) in [4.78, 5) is 34.3. The lowest BCUT2D eigenvalue weighted by atomic mass is 9.95. The third-order valence-electron chi connectivity index (χ3n) is 3.84. The van der Waals surface area contributed by atoms with Gasteiger partial charge >= 0.3 is 5.97 Å². The summed E-state index contributed by atoms with van der Waals surface area (Å²) in [5.41, 5.74) is 0.420. The number of amides is 2. The molecule has 3 N–H and O–H groups in total. The Kier molecular flexibility index (Phi) is 4.27. The Balaban J connectivity index is 2.00. The largest absolute Gasteiger partial charge is 0.481 e. The van der Waals surface area contributed by atoms with E-state index in [0.717, 1.165) is 0 Å². The SMILES string of the molecule is O=C(O)CCCNS(=O)(=O)c1cc2c3c(cccc3c1)C(=O)NC2=O. The molecule has 0 aliphatic carbocycles. The van der Waals surface area contributed by atoms with Crippen LogP contribution in [0.4, 0.5) is 0 Å². The monoisotopic (exact) mass is 362 g/mol. The zero-order chi connectivity index (χ0) is 18.2. The Labute approximate surface area is 142 Å². The van der Waals surface area contributed by atoms with Gasteiger partial charge < -0.3 is 5.11 Å². The van der Waals surface area contributed by atoms with Gasteiger partial charge in [-0.15, -0.1) is 0 Å². The Hall–Kier alpha value is -2.78. The van der Waals surface area contributed by atoms with Gasteiger partial charge in [0, 0.05) is 29.5 Å². The lowest BCUT2D eigenvalue weighted by Crippen LogP contribution is -2.35. The molecule has 1 heterocycles. The van der Waals surface area contributed by atoms with Crippen LogP contribution in [0, 0.1) is 0 Å². The number of nitrogens with one attached hydrogen (secondary N) is 2. The van der Waals surface area contributed by atoms with E-state index < -0.39 is 27.8 Å². The minimum absolute atomic E-state index is 0.0350. The Bertz CT molecular complexity index is 1010. The summed E-state index contributed by atoms with van der Waals surface area (Å²) < 4.78 is 27.1. The molecule has 0 atom stereocenters. The van der Waals surface area contributed by atoms with Crippen molar-refractivity contribution in [1.82, 2.24) is 10.0 Å². The lowest BCUT2D eigenvalue weighted by molar-refractivity contribution is -0.137. The Morgan fingerprint density at radius 3 is 2.56 bits per heavy atom. The van der Waals surface area contributed by atoms with Crippen LogP contribution in [0.25, 0.3) is 10.8 Å². The molecule has 2 aromatic carbocycles. The molecule has 2 aromatic rings. The van der Waals surface area contributed by atoms with Crippen LogP contribution in [0.3, 0.4) is 0 Å². The van der Waals surface area contributed by atoms with Crippen molar-refractivity contribution in [1.29, 1.82) is 0 Å². The van der Waals surface area contributed by atoms with Crippen molar-refractivity contribution >= 4 is 38.6 Å². The summed E-state index contributed by atoms with van der Waals surface area (Å²) in [5.74, 6) is -2.19. The Morgan fingerprint density at radius 2 is 1.84 bits per heavy atom. The number of carboxylic acids is 1. The van der Waals surface area contributed by atoms with Gasteiger partial charge in [0.1, 0.15) is 0 Å². The van der Waals surface area contributed by atoms with Crippen LogP contribution >= 0.6 is 0 Å². The van der Waals surface area contributed by atoms with E-state index >= 15 is 0 Å². The molecule has 9 heteroatoms. The van der Waals surface area contributed by atoms with Gasteiger partial charge in [0.15, 0.2) is 0 Å². The minimum Gasteiger partial charge on any atom is -0.481 e. The second kappa shape index (κ2) is 6.26. The number of carboxylic acid groups (broad SMARTS) is 1. The van der Waals surface area contributed by atoms with Gasteiger partial charge in [-0.25, -0.2) is 13.1 Å². The molecule has 130 valence electrons. The molecule has 0 saturated heterocycles. The molecule has 25 heavy (non-hydrogen) atoms. The maximum atomic E-state index is 12.4. The van der Waals surface area contributed by atoms with Crippen molar-refractivity contribution in [2.45, 2.75) is 17.7 Å². The van der Waals surface area contributed by atoms with Crippen molar-refractivity contribution in [3.05, 3.63) is 41.5 Å². The number of rotatable bonds is 6. The number of sulfonamides is 1. The van der Waals surface area contributed by atoms with E-state index in [1.54, 1.807) is 18.2 Å². The molecule has 0 bridgehead atoms. The Morgan fingerprint density at radius 1 is 1.12 bits per heavy atom. The van der Waals surface area contributed by atoms with Crippen LogP contribution in [-0.4, -0.2) is 37.9 Å². The van der Waals surface area contributed by atoms with Crippen LogP contribution in [0.5, 0.6) is 0 Å². The second-order valence-corrected chi connectivity index (χ2v) is 7.32. The number of hydrogen-bond donors (Lipinski definition) is 3. The van der Waals surface area contributed by atoms with Gasteiger partial charge in [0.2, 0.25) is 10.0 Å². The third-order valence-corrected chi connectivity index (χ3v) is 5.28. The van der Waals surface area contributed by atoms with E-state index in [2.05, 4.69) is 10.0 Å². The van der Waals surface area contributed by atoms with Gasteiger partial charge in [-0.3, -0.25) is 19.7 Å². The third kappa shape index (κ3) is 3.24. The zero-order valence-corrected chi connectivity index (χ0v) is 13.7. The molecular weight excluding hydrogens is 348 g/mol. The first-order valence-electron chi connectivity index (χ1n) is 7.43. The highest BCUT2D eigenvalue weighted by Crippen LogP contribution is 2.29. The smallest absolute Gasteiger partial charge is 0.303 e. The number of carbonyl (C=O) groups excluding carboxylic acids is 2. The fourth-order valence-corrected chi connectivity index (χ4v) is 3.83. The first kappa shape index (κ1) is 17.1. The van der Waals surface area contributed by atoms with Crippen molar-refractivity contribution in [3.63, 3.8) is 0 Å². The maximum absolute atomic E-state index is 12.4. The molecule has 0 saturated carbocycles. The number of hydrogen-bond acceptors (Lipinski definition) is 5. The number of benzene rings is 2. The lowest BCUT2D eigenvalue weighted by Gasteiger charge is -2.18. The molecule has 1 aliphatic rings. The summed E-state index contributed by atoms with van der Waals surface area (Å²) in [6.07, 6.45) is -0.00644. The second-order valence-electron chi connectivity index (χ2n) is 5.55. The molecule has 0 aromatic heterocycles. The average Bonchev–Trinajstić information content (AvgIpc) is 2.56. The summed E-state index contributed by atoms with van der Waals surface area (Å²) in [5, 5.41) is 11.6. The van der Waals surface area contributed by atoms with E-state index in [1.165, 1.54) is 12.1 Å². The highest BCUT2D eigenvalue weighted by molar-refractivity contribution is 7.89. The highest BCUT2D eigenvalue weighted by Gasteiger charge is 2.27. The van der Waals surface area contributed by atoms with E-state index in [9.17, 15) is 22.8 Å². The normalized spacial score (nSPS) is 13.8. The van der Waals surface area contributed by atoms with Gasteiger partial charge in [-0.05, 0) is 30.0 Å². The number of carbonyl (C=O) groups is 3. The predicted octanol–water partition coefficient (Wildman–Crippen LogP) is 0.867. The average molecular weight is 362 g/mol. The molecule has 0 radical (unpaired) electrons. The van der Waals surface area contributed by atoms with E-state index in [1.807, 2.05) is 0 Å². The topological polar surface area (TPSA) is 130 Å². The zero-order valence-electron chi connectivity index (χ0n) is 12.9. The predicted molar refractivity (Wildman–Crippen MR) is 87.8 cm³/mol. The van der Waals surface area contributed by atoms with Gasteiger partial charge in [0.25, 0.3) is 11.8 Å². The minimum atomic E-state index is -3.92. The van der Waals surface area contributed by atoms with Crippen molar-refractivity contribution in [3.8, 4) is 0 Å². The van der Waals surface area contributed by atoms with Crippen LogP contribution in [0.15, 0.2) is 35.2 Å². The van der Waals surface area contributed by atoms with Crippen LogP contribution in [0.2, 0.25) is 0 Å². The van der Waals surface area contributed by atoms with Gasteiger partial charge in [0.05, 0.1) is 4.90 Å². The summed E-state index contributed by atoms with van der Waals surface area (Å²) in [6.45, 7) is -0.0350. The van der Waals surface area contributed by atoms with E-state index in [4.69, 9.17) is 5.11 Å². The quantitative estimate of drug-likeness (QED) is 0.516. The number of aliphatic carboxylic acids is 1. The van der Waals surface area contributed by atoms with Crippen LogP contribution < -0.4 is 10.0 Å². The molecule has 0 fully saturated rings. The molecule has 0 unspecified atom stereocenters. The molecular formula is C16H14N2O6S. The molecule has 3 rings (SSSR count). The summed E-state index contributed by atoms with van der Waals surface area (Å²) in [6, 6.07) is 7.39. The van der Waals surface area contributed by atoms with E-state index in [-0.39, 0.29) is 29.8 Å². The number of imide groups is 1. The van der Waals surface area contributed by atoms with Gasteiger partial charge in [-0.1, -0.05) is 12.1 Å². The summed E-state index contributed by atoms with van der Waals surface area (Å²) >= 11 is 0. The molecule has 2 amide bonds. The fraction of sp³-hybridized carbons (Fsp3) is 0.188. The first-order chi connectivity index (χ1) is 11.8. The van der Waals surface area contributed by atoms with Gasteiger partial charge in [-0.2, -0.15) is 0 Å². The summed E-state index contributed by atoms with van der Waals surface area (Å²) in [7, 11) is -3.92. The standard InChI is InChI=1S/C16H14N2O6S/c19-13(20)5-2-6-17-25(23,24)10-7-9-3-1-4-11-14(9)12(8-10)16(22)18-15(11)21/h1,3-4,7-8,17H,2,5-6H2,(H,19,20)(H,18,21,22). The fourth-order valence-electron chi connectivity index (χ4n) is 2.69. The van der Waals surface area contributed by atoms with Crippen molar-refractivity contribution in [2.75, 3.05) is 6.54 Å². The van der Waals surface area contributed by atoms with Crippen molar-refractivity contribution < 1.29 is 27.9 Å². The van der Waals surface area contributed by atoms with E-state index in [0.29, 0.717) is 16.3 Å². The highest BCUT2D eigenvalue weighted by atomic mass is 32.2. The molecule has 8 nitrogen and oxygen atoms in total.